The average molecular weight is 290 g/mol. The van der Waals surface area contributed by atoms with Crippen molar-refractivity contribution in [3.05, 3.63) is 40.8 Å². The molecule has 0 saturated heterocycles. The molecule has 0 unspecified atom stereocenters. The number of benzene rings is 1. The molecule has 1 aromatic heterocycles. The average Bonchev–Trinajstić information content (AvgIpc) is 2.49. The van der Waals surface area contributed by atoms with Crippen LogP contribution < -0.4 is 21.4 Å². The van der Waals surface area contributed by atoms with E-state index in [2.05, 4.69) is 5.32 Å². The zero-order valence-electron chi connectivity index (χ0n) is 11.6. The van der Waals surface area contributed by atoms with Crippen LogP contribution in [0.15, 0.2) is 39.5 Å². The molecule has 0 atom stereocenters. The van der Waals surface area contributed by atoms with Crippen molar-refractivity contribution in [1.82, 2.24) is 5.32 Å². The lowest BCUT2D eigenvalue weighted by Crippen LogP contribution is -2.29. The van der Waals surface area contributed by atoms with E-state index in [1.165, 1.54) is 6.07 Å². The van der Waals surface area contributed by atoms with Crippen molar-refractivity contribution in [3.63, 3.8) is 0 Å². The second-order valence-electron chi connectivity index (χ2n) is 4.59. The van der Waals surface area contributed by atoms with Crippen LogP contribution in [0.3, 0.4) is 0 Å². The predicted octanol–water partition coefficient (Wildman–Crippen LogP) is 1.03. The van der Waals surface area contributed by atoms with Crippen molar-refractivity contribution in [1.29, 1.82) is 0 Å². The molecule has 1 amide bonds. The molecule has 3 N–H and O–H groups in total. The zero-order chi connectivity index (χ0) is 15.1. The Hall–Kier alpha value is -2.34. The summed E-state index contributed by atoms with van der Waals surface area (Å²) in [6, 6.07) is 8.13. The first-order chi connectivity index (χ1) is 10.2. The van der Waals surface area contributed by atoms with Gasteiger partial charge >= 0.3 is 5.63 Å². The highest BCUT2D eigenvalue weighted by Crippen LogP contribution is 2.19. The largest absolute Gasteiger partial charge is 0.484 e. The summed E-state index contributed by atoms with van der Waals surface area (Å²) in [5.74, 6) is 0.288. The van der Waals surface area contributed by atoms with Crippen molar-refractivity contribution in [2.45, 2.75) is 12.8 Å². The third-order valence-electron chi connectivity index (χ3n) is 2.92. The lowest BCUT2D eigenvalue weighted by molar-refractivity contribution is -0.123. The lowest BCUT2D eigenvalue weighted by atomic mass is 10.2. The molecule has 0 aliphatic carbocycles. The number of ether oxygens (including phenoxy) is 1. The maximum Gasteiger partial charge on any atom is 0.336 e. The van der Waals surface area contributed by atoms with Crippen LogP contribution in [-0.4, -0.2) is 25.6 Å². The first-order valence-electron chi connectivity index (χ1n) is 6.82. The van der Waals surface area contributed by atoms with Gasteiger partial charge < -0.3 is 20.2 Å². The highest BCUT2D eigenvalue weighted by atomic mass is 16.5. The molecule has 2 aromatic rings. The maximum absolute atomic E-state index is 11.6. The fourth-order valence-electron chi connectivity index (χ4n) is 1.83. The SMILES string of the molecule is NCCCCNC(=O)COc1ccc2ccc(=O)oc2c1. The molecule has 6 heteroatoms. The number of nitrogens with one attached hydrogen (secondary N) is 1. The van der Waals surface area contributed by atoms with E-state index in [1.54, 1.807) is 24.3 Å². The maximum atomic E-state index is 11.6. The van der Waals surface area contributed by atoms with Gasteiger partial charge in [0.05, 0.1) is 0 Å². The number of hydrogen-bond donors (Lipinski definition) is 2. The highest BCUT2D eigenvalue weighted by molar-refractivity contribution is 5.79. The van der Waals surface area contributed by atoms with Gasteiger partial charge in [-0.1, -0.05) is 0 Å². The molecule has 112 valence electrons. The van der Waals surface area contributed by atoms with Crippen LogP contribution in [0.25, 0.3) is 11.0 Å². The van der Waals surface area contributed by atoms with Crippen molar-refractivity contribution < 1.29 is 13.9 Å². The Balaban J connectivity index is 1.88. The summed E-state index contributed by atoms with van der Waals surface area (Å²) in [5, 5.41) is 3.54. The van der Waals surface area contributed by atoms with Gasteiger partial charge in [0, 0.05) is 24.1 Å². The first kappa shape index (κ1) is 15.1. The molecule has 0 aliphatic rings. The topological polar surface area (TPSA) is 94.6 Å². The molecule has 2 rings (SSSR count). The number of amides is 1. The fraction of sp³-hybridized carbons (Fsp3) is 0.333. The molecule has 0 spiro atoms. The van der Waals surface area contributed by atoms with Crippen LogP contribution in [0.4, 0.5) is 0 Å². The minimum absolute atomic E-state index is 0.0782. The molecule has 6 nitrogen and oxygen atoms in total. The van der Waals surface area contributed by atoms with E-state index in [0.29, 0.717) is 24.4 Å². The molecule has 0 saturated carbocycles. The number of carbonyl (C=O) groups is 1. The normalized spacial score (nSPS) is 10.5. The van der Waals surface area contributed by atoms with Gasteiger partial charge in [-0.25, -0.2) is 4.79 Å². The Labute approximate surface area is 121 Å². The van der Waals surface area contributed by atoms with E-state index in [1.807, 2.05) is 0 Å². The zero-order valence-corrected chi connectivity index (χ0v) is 11.6. The number of hydrogen-bond acceptors (Lipinski definition) is 5. The standard InChI is InChI=1S/C15H18N2O4/c16-7-1-2-8-17-14(18)10-20-12-5-3-11-4-6-15(19)21-13(11)9-12/h3-6,9H,1-2,7-8,10,16H2,(H,17,18). The van der Waals surface area contributed by atoms with E-state index in [9.17, 15) is 9.59 Å². The third-order valence-corrected chi connectivity index (χ3v) is 2.92. The first-order valence-corrected chi connectivity index (χ1v) is 6.82. The Morgan fingerprint density at radius 2 is 2.05 bits per heavy atom. The second-order valence-corrected chi connectivity index (χ2v) is 4.59. The van der Waals surface area contributed by atoms with Crippen molar-refractivity contribution in [2.75, 3.05) is 19.7 Å². The minimum Gasteiger partial charge on any atom is -0.484 e. The number of nitrogens with two attached hydrogens (primary N) is 1. The van der Waals surface area contributed by atoms with Gasteiger partial charge in [-0.2, -0.15) is 0 Å². The number of rotatable bonds is 7. The number of fused-ring (bicyclic) bond motifs is 1. The van der Waals surface area contributed by atoms with Gasteiger partial charge in [0.25, 0.3) is 5.91 Å². The molecular formula is C15H18N2O4. The summed E-state index contributed by atoms with van der Waals surface area (Å²) in [5.41, 5.74) is 5.38. The fourth-order valence-corrected chi connectivity index (χ4v) is 1.83. The molecule has 0 aliphatic heterocycles. The highest BCUT2D eigenvalue weighted by Gasteiger charge is 2.04. The van der Waals surface area contributed by atoms with Crippen LogP contribution >= 0.6 is 0 Å². The van der Waals surface area contributed by atoms with Crippen LogP contribution in [0.5, 0.6) is 5.75 Å². The second kappa shape index (κ2) is 7.44. The summed E-state index contributed by atoms with van der Waals surface area (Å²) >= 11 is 0. The summed E-state index contributed by atoms with van der Waals surface area (Å²) in [6.45, 7) is 1.13. The molecule has 0 bridgehead atoms. The smallest absolute Gasteiger partial charge is 0.336 e. The molecular weight excluding hydrogens is 272 g/mol. The van der Waals surface area contributed by atoms with E-state index >= 15 is 0 Å². The summed E-state index contributed by atoms with van der Waals surface area (Å²) in [4.78, 5) is 22.7. The van der Waals surface area contributed by atoms with Crippen LogP contribution in [0, 0.1) is 0 Å². The Morgan fingerprint density at radius 1 is 1.24 bits per heavy atom. The van der Waals surface area contributed by atoms with Crippen LogP contribution in [0.1, 0.15) is 12.8 Å². The third kappa shape index (κ3) is 4.61. The van der Waals surface area contributed by atoms with E-state index in [4.69, 9.17) is 14.9 Å². The van der Waals surface area contributed by atoms with Gasteiger partial charge in [-0.05, 0) is 37.6 Å². The molecule has 1 aromatic carbocycles. The molecule has 0 radical (unpaired) electrons. The van der Waals surface area contributed by atoms with Crippen molar-refractivity contribution in [3.8, 4) is 5.75 Å². The quantitative estimate of drug-likeness (QED) is 0.586. The van der Waals surface area contributed by atoms with Crippen LogP contribution in [-0.2, 0) is 4.79 Å². The molecule has 0 fully saturated rings. The molecule has 1 heterocycles. The van der Waals surface area contributed by atoms with Gasteiger partial charge in [-0.15, -0.1) is 0 Å². The summed E-state index contributed by atoms with van der Waals surface area (Å²) < 4.78 is 10.4. The number of carbonyl (C=O) groups excluding carboxylic acids is 1. The lowest BCUT2D eigenvalue weighted by Gasteiger charge is -2.07. The summed E-state index contributed by atoms with van der Waals surface area (Å²) in [6.07, 6.45) is 1.73. The monoisotopic (exact) mass is 290 g/mol. The molecule has 21 heavy (non-hydrogen) atoms. The van der Waals surface area contributed by atoms with Crippen LogP contribution in [0.2, 0.25) is 0 Å². The van der Waals surface area contributed by atoms with E-state index in [-0.39, 0.29) is 12.5 Å². The van der Waals surface area contributed by atoms with Gasteiger partial charge in [0.1, 0.15) is 11.3 Å². The van der Waals surface area contributed by atoms with E-state index < -0.39 is 5.63 Å². The predicted molar refractivity (Wildman–Crippen MR) is 79.3 cm³/mol. The van der Waals surface area contributed by atoms with Crippen molar-refractivity contribution >= 4 is 16.9 Å². The Kier molecular flexibility index (Phi) is 5.34. The number of unbranched alkanes of at least 4 members (excludes halogenated alkanes) is 1. The summed E-state index contributed by atoms with van der Waals surface area (Å²) in [7, 11) is 0. The van der Waals surface area contributed by atoms with Gasteiger partial charge in [0.2, 0.25) is 0 Å². The van der Waals surface area contributed by atoms with Gasteiger partial charge in [0.15, 0.2) is 6.61 Å². The minimum atomic E-state index is -0.419. The Morgan fingerprint density at radius 3 is 2.86 bits per heavy atom. The van der Waals surface area contributed by atoms with E-state index in [0.717, 1.165) is 18.2 Å². The van der Waals surface area contributed by atoms with Gasteiger partial charge in [-0.3, -0.25) is 4.79 Å². The van der Waals surface area contributed by atoms with Crippen molar-refractivity contribution in [2.24, 2.45) is 5.73 Å². The Bertz CT molecular complexity index is 666.